The Labute approximate surface area is 179 Å². The zero-order valence-electron chi connectivity index (χ0n) is 17.4. The molecule has 0 spiro atoms. The van der Waals surface area contributed by atoms with Crippen LogP contribution < -0.4 is 4.74 Å². The third kappa shape index (κ3) is 4.91. The summed E-state index contributed by atoms with van der Waals surface area (Å²) in [6.45, 7) is 4.61. The Balaban J connectivity index is 1.30. The minimum Gasteiger partial charge on any atom is -0.485 e. The van der Waals surface area contributed by atoms with E-state index in [4.69, 9.17) is 14.0 Å². The second-order valence-electron chi connectivity index (χ2n) is 7.37. The van der Waals surface area contributed by atoms with Crippen molar-refractivity contribution in [1.82, 2.24) is 15.0 Å². The Morgan fingerprint density at radius 2 is 1.87 bits per heavy atom. The van der Waals surface area contributed by atoms with E-state index in [0.717, 1.165) is 12.0 Å². The maximum absolute atomic E-state index is 12.8. The monoisotopic (exact) mass is 421 g/mol. The van der Waals surface area contributed by atoms with Crippen LogP contribution in [0.25, 0.3) is 0 Å². The second kappa shape index (κ2) is 8.99. The fourth-order valence-electron chi connectivity index (χ4n) is 3.46. The molecule has 3 aromatic rings. The summed E-state index contributed by atoms with van der Waals surface area (Å²) in [6.07, 6.45) is -0.0665. The third-order valence-corrected chi connectivity index (χ3v) is 5.10. The van der Waals surface area contributed by atoms with Crippen LogP contribution in [0.5, 0.6) is 5.75 Å². The molecule has 2 heterocycles. The number of ether oxygens (including phenoxy) is 2. The molecular formula is C23H23N3O5. The van der Waals surface area contributed by atoms with E-state index in [0.29, 0.717) is 36.1 Å². The first kappa shape index (κ1) is 20.6. The number of benzene rings is 2. The molecule has 1 amide bonds. The lowest BCUT2D eigenvalue weighted by atomic mass is 9.99. The Morgan fingerprint density at radius 1 is 1.13 bits per heavy atom. The van der Waals surface area contributed by atoms with E-state index in [1.165, 1.54) is 5.56 Å². The summed E-state index contributed by atoms with van der Waals surface area (Å²) in [5.41, 5.74) is 2.73. The number of nitrogens with zero attached hydrogens (tertiary/aromatic N) is 3. The van der Waals surface area contributed by atoms with Gasteiger partial charge in [-0.3, -0.25) is 4.79 Å². The summed E-state index contributed by atoms with van der Waals surface area (Å²) in [7, 11) is 0. The van der Waals surface area contributed by atoms with Crippen LogP contribution in [0.2, 0.25) is 0 Å². The maximum atomic E-state index is 12.8. The molecule has 160 valence electrons. The van der Waals surface area contributed by atoms with E-state index in [-0.39, 0.29) is 12.5 Å². The summed E-state index contributed by atoms with van der Waals surface area (Å²) in [4.78, 5) is 31.0. The van der Waals surface area contributed by atoms with Crippen LogP contribution in [0.1, 0.15) is 40.1 Å². The number of aromatic nitrogens is 2. The molecule has 0 N–H and O–H groups in total. The molecule has 0 bridgehead atoms. The molecule has 8 heteroatoms. The third-order valence-electron chi connectivity index (χ3n) is 5.10. The molecule has 0 saturated heterocycles. The number of esters is 1. The molecule has 2 aromatic carbocycles. The van der Waals surface area contributed by atoms with E-state index >= 15 is 0 Å². The lowest BCUT2D eigenvalue weighted by molar-refractivity contribution is -0.140. The molecule has 0 saturated carbocycles. The molecule has 1 aliphatic rings. The molecule has 8 nitrogen and oxygen atoms in total. The molecule has 0 fully saturated rings. The number of hydrogen-bond donors (Lipinski definition) is 0. The van der Waals surface area contributed by atoms with Gasteiger partial charge in [0.25, 0.3) is 5.91 Å². The lowest BCUT2D eigenvalue weighted by Gasteiger charge is -2.30. The van der Waals surface area contributed by atoms with Crippen molar-refractivity contribution < 1.29 is 23.6 Å². The average molecular weight is 421 g/mol. The van der Waals surface area contributed by atoms with Gasteiger partial charge in [0.15, 0.2) is 12.7 Å². The van der Waals surface area contributed by atoms with E-state index in [1.54, 1.807) is 43.0 Å². The van der Waals surface area contributed by atoms with Gasteiger partial charge in [-0.05, 0) is 48.7 Å². The zero-order chi connectivity index (χ0) is 21.8. The van der Waals surface area contributed by atoms with Gasteiger partial charge in [0.1, 0.15) is 5.75 Å². The smallest absolute Gasteiger partial charge is 0.338 e. The molecular weight excluding hydrogens is 398 g/mol. The van der Waals surface area contributed by atoms with Crippen LogP contribution in [0, 0.1) is 6.92 Å². The highest BCUT2D eigenvalue weighted by Crippen LogP contribution is 2.20. The highest BCUT2D eigenvalue weighted by molar-refractivity contribution is 5.92. The van der Waals surface area contributed by atoms with Gasteiger partial charge in [0.2, 0.25) is 11.7 Å². The number of carbonyl (C=O) groups excluding carboxylic acids is 2. The fourth-order valence-corrected chi connectivity index (χ4v) is 3.46. The van der Waals surface area contributed by atoms with E-state index in [9.17, 15) is 9.59 Å². The summed E-state index contributed by atoms with van der Waals surface area (Å²) in [5, 5.41) is 3.76. The minimum absolute atomic E-state index is 0.158. The first-order valence-electron chi connectivity index (χ1n) is 10.1. The van der Waals surface area contributed by atoms with Crippen LogP contribution >= 0.6 is 0 Å². The van der Waals surface area contributed by atoms with Gasteiger partial charge in [-0.15, -0.1) is 0 Å². The van der Waals surface area contributed by atoms with Crippen molar-refractivity contribution >= 4 is 11.9 Å². The van der Waals surface area contributed by atoms with E-state index < -0.39 is 12.1 Å². The second-order valence-corrected chi connectivity index (χ2v) is 7.37. The average Bonchev–Trinajstić information content (AvgIpc) is 3.22. The summed E-state index contributed by atoms with van der Waals surface area (Å²) < 4.78 is 15.9. The van der Waals surface area contributed by atoms with Crippen LogP contribution in [-0.4, -0.2) is 39.6 Å². The summed E-state index contributed by atoms with van der Waals surface area (Å²) in [6, 6.07) is 14.6. The lowest BCUT2D eigenvalue weighted by Crippen LogP contribution is -2.42. The van der Waals surface area contributed by atoms with Crippen LogP contribution in [0.15, 0.2) is 53.1 Å². The molecule has 0 radical (unpaired) electrons. The van der Waals surface area contributed by atoms with Crippen molar-refractivity contribution in [2.24, 2.45) is 0 Å². The van der Waals surface area contributed by atoms with Crippen LogP contribution in [0.3, 0.4) is 0 Å². The molecule has 1 aromatic heterocycles. The Hall–Kier alpha value is -3.68. The number of aryl methyl sites for hydroxylation is 1. The minimum atomic E-state index is -0.866. The van der Waals surface area contributed by atoms with E-state index in [1.807, 2.05) is 18.2 Å². The van der Waals surface area contributed by atoms with Gasteiger partial charge < -0.3 is 18.9 Å². The first-order valence-corrected chi connectivity index (χ1v) is 10.1. The molecule has 0 aliphatic carbocycles. The van der Waals surface area contributed by atoms with Crippen LogP contribution in [0.4, 0.5) is 0 Å². The fraction of sp³-hybridized carbons (Fsp3) is 0.304. The molecule has 1 atom stereocenters. The molecule has 4 rings (SSSR count). The van der Waals surface area contributed by atoms with Crippen molar-refractivity contribution in [2.75, 3.05) is 6.54 Å². The zero-order valence-corrected chi connectivity index (χ0v) is 17.4. The van der Waals surface area contributed by atoms with Crippen molar-refractivity contribution in [3.8, 4) is 5.75 Å². The van der Waals surface area contributed by atoms with Crippen LogP contribution in [-0.2, 0) is 29.1 Å². The van der Waals surface area contributed by atoms with Gasteiger partial charge >= 0.3 is 5.97 Å². The maximum Gasteiger partial charge on any atom is 0.338 e. The Bertz CT molecular complexity index is 1080. The predicted octanol–water partition coefficient (Wildman–Crippen LogP) is 3.09. The van der Waals surface area contributed by atoms with E-state index in [2.05, 4.69) is 16.2 Å². The Kier molecular flexibility index (Phi) is 5.97. The SMILES string of the molecule is Cc1nc(COc2ccc(C(=O)O[C@H](C)C(=O)N3CCc4ccccc4C3)cc2)no1. The first-order chi connectivity index (χ1) is 15.0. The number of hydrogen-bond acceptors (Lipinski definition) is 7. The topological polar surface area (TPSA) is 94.8 Å². The highest BCUT2D eigenvalue weighted by atomic mass is 16.5. The predicted molar refractivity (Wildman–Crippen MR) is 110 cm³/mol. The number of rotatable bonds is 6. The van der Waals surface area contributed by atoms with Crippen molar-refractivity contribution in [3.05, 3.63) is 76.9 Å². The highest BCUT2D eigenvalue weighted by Gasteiger charge is 2.27. The molecule has 1 aliphatic heterocycles. The van der Waals surface area contributed by atoms with Gasteiger partial charge in [-0.25, -0.2) is 4.79 Å². The summed E-state index contributed by atoms with van der Waals surface area (Å²) >= 11 is 0. The number of carbonyl (C=O) groups is 2. The summed E-state index contributed by atoms with van der Waals surface area (Å²) in [5.74, 6) is 0.703. The van der Waals surface area contributed by atoms with Crippen molar-refractivity contribution in [3.63, 3.8) is 0 Å². The van der Waals surface area contributed by atoms with Gasteiger partial charge in [-0.1, -0.05) is 29.4 Å². The Morgan fingerprint density at radius 3 is 2.58 bits per heavy atom. The van der Waals surface area contributed by atoms with Gasteiger partial charge in [0.05, 0.1) is 5.56 Å². The number of fused-ring (bicyclic) bond motifs is 1. The van der Waals surface area contributed by atoms with Gasteiger partial charge in [0, 0.05) is 20.0 Å². The standard InChI is InChI=1S/C23H23N3O5/c1-15(22(27)26-12-11-17-5-3-4-6-19(17)13-26)30-23(28)18-7-9-20(10-8-18)29-14-21-24-16(2)31-25-21/h3-10,15H,11-14H2,1-2H3/t15-/m1/s1. The van der Waals surface area contributed by atoms with Gasteiger partial charge in [-0.2, -0.15) is 4.98 Å². The van der Waals surface area contributed by atoms with Crippen molar-refractivity contribution in [2.45, 2.75) is 39.5 Å². The largest absolute Gasteiger partial charge is 0.485 e. The molecule has 31 heavy (non-hydrogen) atoms. The normalized spacial score (nSPS) is 13.9. The number of amides is 1. The quantitative estimate of drug-likeness (QED) is 0.565. The molecule has 0 unspecified atom stereocenters. The van der Waals surface area contributed by atoms with Crippen molar-refractivity contribution in [1.29, 1.82) is 0 Å².